The minimum atomic E-state index is 0.244. The highest BCUT2D eigenvalue weighted by Gasteiger charge is 2.26. The molecule has 0 saturated heterocycles. The third kappa shape index (κ3) is 2.90. The summed E-state index contributed by atoms with van der Waals surface area (Å²) in [5.74, 6) is 1.54. The molecule has 1 aliphatic carbocycles. The molecular weight excluding hydrogens is 206 g/mol. The molecular formula is C16H25N. The summed E-state index contributed by atoms with van der Waals surface area (Å²) in [6, 6.07) is 8.94. The van der Waals surface area contributed by atoms with E-state index in [-0.39, 0.29) is 6.04 Å². The van der Waals surface area contributed by atoms with Crippen LogP contribution in [0.4, 0.5) is 0 Å². The molecule has 0 spiro atoms. The summed E-state index contributed by atoms with van der Waals surface area (Å²) < 4.78 is 0. The average Bonchev–Trinajstić information content (AvgIpc) is 2.38. The molecule has 2 N–H and O–H groups in total. The standard InChI is InChI=1S/C16H25N/c1-3-13-8-4-5-10-15(13)16(17)14-9-6-7-12(2)11-14/h4-5,8,10,12,14,16H,3,6-7,9,11,17H2,1-2H3. The Morgan fingerprint density at radius 3 is 2.76 bits per heavy atom. The second kappa shape index (κ2) is 5.68. The maximum Gasteiger partial charge on any atom is 0.0326 e. The van der Waals surface area contributed by atoms with Crippen molar-refractivity contribution in [3.05, 3.63) is 35.4 Å². The van der Waals surface area contributed by atoms with Crippen LogP contribution in [0.15, 0.2) is 24.3 Å². The van der Waals surface area contributed by atoms with Gasteiger partial charge < -0.3 is 5.73 Å². The second-order valence-corrected chi connectivity index (χ2v) is 5.61. The first-order valence-corrected chi connectivity index (χ1v) is 7.05. The summed E-state index contributed by atoms with van der Waals surface area (Å²) in [4.78, 5) is 0. The minimum absolute atomic E-state index is 0.244. The fourth-order valence-electron chi connectivity index (χ4n) is 3.24. The number of aryl methyl sites for hydroxylation is 1. The van der Waals surface area contributed by atoms with Crippen LogP contribution in [-0.2, 0) is 6.42 Å². The van der Waals surface area contributed by atoms with E-state index in [1.165, 1.54) is 36.8 Å². The van der Waals surface area contributed by atoms with E-state index in [2.05, 4.69) is 38.1 Å². The molecule has 1 aromatic rings. The van der Waals surface area contributed by atoms with Gasteiger partial charge in [0.2, 0.25) is 0 Å². The average molecular weight is 231 g/mol. The lowest BCUT2D eigenvalue weighted by atomic mass is 9.76. The maximum atomic E-state index is 6.51. The zero-order chi connectivity index (χ0) is 12.3. The van der Waals surface area contributed by atoms with Crippen LogP contribution in [0, 0.1) is 11.8 Å². The van der Waals surface area contributed by atoms with Crippen LogP contribution < -0.4 is 5.73 Å². The topological polar surface area (TPSA) is 26.0 Å². The normalized spacial score (nSPS) is 26.8. The number of nitrogens with two attached hydrogens (primary N) is 1. The highest BCUT2D eigenvalue weighted by Crippen LogP contribution is 2.36. The summed E-state index contributed by atoms with van der Waals surface area (Å²) in [7, 11) is 0. The lowest BCUT2D eigenvalue weighted by molar-refractivity contribution is 0.247. The van der Waals surface area contributed by atoms with Crippen LogP contribution in [0.2, 0.25) is 0 Å². The van der Waals surface area contributed by atoms with Crippen LogP contribution in [0.3, 0.4) is 0 Å². The van der Waals surface area contributed by atoms with Crippen molar-refractivity contribution in [2.24, 2.45) is 17.6 Å². The molecule has 0 aliphatic heterocycles. The Hall–Kier alpha value is -0.820. The van der Waals surface area contributed by atoms with Gasteiger partial charge in [0.1, 0.15) is 0 Å². The fourth-order valence-corrected chi connectivity index (χ4v) is 3.24. The molecule has 0 amide bonds. The van der Waals surface area contributed by atoms with Gasteiger partial charge in [0.25, 0.3) is 0 Å². The molecule has 1 fully saturated rings. The Bertz CT molecular complexity index is 358. The van der Waals surface area contributed by atoms with E-state index in [0.29, 0.717) is 5.92 Å². The van der Waals surface area contributed by atoms with Crippen LogP contribution in [0.5, 0.6) is 0 Å². The van der Waals surface area contributed by atoms with Crippen LogP contribution >= 0.6 is 0 Å². The van der Waals surface area contributed by atoms with Gasteiger partial charge in [-0.15, -0.1) is 0 Å². The van der Waals surface area contributed by atoms with Crippen molar-refractivity contribution in [2.75, 3.05) is 0 Å². The first-order chi connectivity index (χ1) is 8.22. The van der Waals surface area contributed by atoms with Gasteiger partial charge in [0.15, 0.2) is 0 Å². The van der Waals surface area contributed by atoms with Crippen molar-refractivity contribution in [1.29, 1.82) is 0 Å². The van der Waals surface area contributed by atoms with Crippen molar-refractivity contribution < 1.29 is 0 Å². The number of hydrogen-bond donors (Lipinski definition) is 1. The summed E-state index contributed by atoms with van der Waals surface area (Å²) >= 11 is 0. The lowest BCUT2D eigenvalue weighted by Gasteiger charge is -2.32. The van der Waals surface area contributed by atoms with Crippen molar-refractivity contribution in [1.82, 2.24) is 0 Å². The van der Waals surface area contributed by atoms with Gasteiger partial charge in [-0.3, -0.25) is 0 Å². The Labute approximate surface area is 105 Å². The van der Waals surface area contributed by atoms with Gasteiger partial charge in [-0.25, -0.2) is 0 Å². The molecule has 17 heavy (non-hydrogen) atoms. The summed E-state index contributed by atoms with van der Waals surface area (Å²) in [6.45, 7) is 4.58. The molecule has 1 saturated carbocycles. The summed E-state index contributed by atoms with van der Waals surface area (Å²) in [5.41, 5.74) is 9.32. The number of rotatable bonds is 3. The van der Waals surface area contributed by atoms with E-state index in [0.717, 1.165) is 12.3 Å². The highest BCUT2D eigenvalue weighted by atomic mass is 14.7. The van der Waals surface area contributed by atoms with E-state index in [4.69, 9.17) is 5.73 Å². The van der Waals surface area contributed by atoms with Crippen molar-refractivity contribution in [3.63, 3.8) is 0 Å². The van der Waals surface area contributed by atoms with Gasteiger partial charge in [-0.05, 0) is 42.2 Å². The van der Waals surface area contributed by atoms with E-state index in [1.54, 1.807) is 0 Å². The van der Waals surface area contributed by atoms with E-state index >= 15 is 0 Å². The summed E-state index contributed by atoms with van der Waals surface area (Å²) in [6.07, 6.45) is 6.45. The summed E-state index contributed by atoms with van der Waals surface area (Å²) in [5, 5.41) is 0. The molecule has 94 valence electrons. The number of benzene rings is 1. The molecule has 1 aromatic carbocycles. The third-order valence-corrected chi connectivity index (χ3v) is 4.28. The van der Waals surface area contributed by atoms with E-state index < -0.39 is 0 Å². The van der Waals surface area contributed by atoms with Crippen LogP contribution in [0.1, 0.15) is 56.7 Å². The Morgan fingerprint density at radius 1 is 1.29 bits per heavy atom. The van der Waals surface area contributed by atoms with Gasteiger partial charge in [0, 0.05) is 6.04 Å². The third-order valence-electron chi connectivity index (χ3n) is 4.28. The van der Waals surface area contributed by atoms with Gasteiger partial charge in [-0.1, -0.05) is 51.0 Å². The zero-order valence-electron chi connectivity index (χ0n) is 11.2. The molecule has 0 heterocycles. The predicted molar refractivity (Wildman–Crippen MR) is 73.9 cm³/mol. The molecule has 0 aromatic heterocycles. The molecule has 0 bridgehead atoms. The number of hydrogen-bond acceptors (Lipinski definition) is 1. The first-order valence-electron chi connectivity index (χ1n) is 7.05. The SMILES string of the molecule is CCc1ccccc1C(N)C1CCCC(C)C1. The molecule has 2 rings (SSSR count). The van der Waals surface area contributed by atoms with E-state index in [1.807, 2.05) is 0 Å². The Balaban J connectivity index is 2.15. The van der Waals surface area contributed by atoms with Gasteiger partial charge in [0.05, 0.1) is 0 Å². The monoisotopic (exact) mass is 231 g/mol. The quantitative estimate of drug-likeness (QED) is 0.833. The van der Waals surface area contributed by atoms with Gasteiger partial charge >= 0.3 is 0 Å². The van der Waals surface area contributed by atoms with Gasteiger partial charge in [-0.2, -0.15) is 0 Å². The van der Waals surface area contributed by atoms with E-state index in [9.17, 15) is 0 Å². The smallest absolute Gasteiger partial charge is 0.0326 e. The second-order valence-electron chi connectivity index (χ2n) is 5.61. The Morgan fingerprint density at radius 2 is 2.06 bits per heavy atom. The van der Waals surface area contributed by atoms with Crippen molar-refractivity contribution in [3.8, 4) is 0 Å². The van der Waals surface area contributed by atoms with Crippen LogP contribution in [-0.4, -0.2) is 0 Å². The maximum absolute atomic E-state index is 6.51. The molecule has 1 heteroatoms. The van der Waals surface area contributed by atoms with Crippen molar-refractivity contribution >= 4 is 0 Å². The minimum Gasteiger partial charge on any atom is -0.324 e. The zero-order valence-corrected chi connectivity index (χ0v) is 11.2. The molecule has 1 aliphatic rings. The highest BCUT2D eigenvalue weighted by molar-refractivity contribution is 5.30. The fraction of sp³-hybridized carbons (Fsp3) is 0.625. The Kier molecular flexibility index (Phi) is 4.22. The molecule has 0 radical (unpaired) electrons. The predicted octanol–water partition coefficient (Wildman–Crippen LogP) is 4.08. The van der Waals surface area contributed by atoms with Crippen molar-refractivity contribution in [2.45, 2.75) is 52.0 Å². The molecule has 3 atom stereocenters. The van der Waals surface area contributed by atoms with Crippen LogP contribution in [0.25, 0.3) is 0 Å². The lowest BCUT2D eigenvalue weighted by Crippen LogP contribution is -2.27. The molecule has 3 unspecified atom stereocenters. The largest absolute Gasteiger partial charge is 0.324 e. The molecule has 1 nitrogen and oxygen atoms in total. The first kappa shape index (κ1) is 12.6.